The Morgan fingerprint density at radius 3 is 3.00 bits per heavy atom. The highest BCUT2D eigenvalue weighted by atomic mass is 35.5. The van der Waals surface area contributed by atoms with Crippen molar-refractivity contribution in [3.8, 4) is 0 Å². The Morgan fingerprint density at radius 1 is 1.61 bits per heavy atom. The number of methoxy groups -OCH3 is 1. The molecule has 0 aromatic heterocycles. The first-order valence-electron chi connectivity index (χ1n) is 5.40. The van der Waals surface area contributed by atoms with E-state index in [0.717, 1.165) is 0 Å². The fraction of sp³-hybridized carbons (Fsp3) is 0.417. The summed E-state index contributed by atoms with van der Waals surface area (Å²) in [4.78, 5) is 11.0. The number of carbonyl (C=O) groups excluding carboxylic acids is 1. The van der Waals surface area contributed by atoms with Crippen molar-refractivity contribution in [3.63, 3.8) is 0 Å². The minimum Gasteiger partial charge on any atom is -0.468 e. The van der Waals surface area contributed by atoms with Gasteiger partial charge in [0, 0.05) is 5.75 Å². The first kappa shape index (κ1) is 15.3. The summed E-state index contributed by atoms with van der Waals surface area (Å²) in [7, 11) is 1.30. The number of carbonyl (C=O) groups is 1. The van der Waals surface area contributed by atoms with E-state index in [1.54, 1.807) is 12.1 Å². The van der Waals surface area contributed by atoms with E-state index in [4.69, 9.17) is 17.3 Å². The van der Waals surface area contributed by atoms with Gasteiger partial charge in [-0.25, -0.2) is 4.39 Å². The van der Waals surface area contributed by atoms with Gasteiger partial charge in [-0.2, -0.15) is 11.8 Å². The summed E-state index contributed by atoms with van der Waals surface area (Å²) in [5.74, 6) is 0.344. The Labute approximate surface area is 115 Å². The molecule has 1 rings (SSSR count). The van der Waals surface area contributed by atoms with Gasteiger partial charge >= 0.3 is 5.97 Å². The van der Waals surface area contributed by atoms with Gasteiger partial charge in [0.25, 0.3) is 0 Å². The highest BCUT2D eigenvalue weighted by molar-refractivity contribution is 7.98. The minimum absolute atomic E-state index is 0.124. The summed E-state index contributed by atoms with van der Waals surface area (Å²) >= 11 is 7.17. The van der Waals surface area contributed by atoms with Gasteiger partial charge in [0.15, 0.2) is 0 Å². The molecule has 2 N–H and O–H groups in total. The lowest BCUT2D eigenvalue weighted by Gasteiger charge is -2.09. The Balaban J connectivity index is 2.34. The van der Waals surface area contributed by atoms with Crippen molar-refractivity contribution in [2.45, 2.75) is 18.2 Å². The number of hydrogen-bond acceptors (Lipinski definition) is 4. The van der Waals surface area contributed by atoms with Crippen molar-refractivity contribution in [1.82, 2.24) is 0 Å². The van der Waals surface area contributed by atoms with Crippen LogP contribution in [0.2, 0.25) is 5.02 Å². The molecule has 0 radical (unpaired) electrons. The Bertz CT molecular complexity index is 417. The zero-order chi connectivity index (χ0) is 13.5. The highest BCUT2D eigenvalue weighted by Crippen LogP contribution is 2.22. The van der Waals surface area contributed by atoms with Crippen molar-refractivity contribution >= 4 is 29.3 Å². The molecule has 1 aromatic rings. The second-order valence-electron chi connectivity index (χ2n) is 3.68. The fourth-order valence-electron chi connectivity index (χ4n) is 1.32. The number of benzene rings is 1. The molecule has 0 heterocycles. The average Bonchev–Trinajstić information content (AvgIpc) is 2.38. The third-order valence-electron chi connectivity index (χ3n) is 2.37. The smallest absolute Gasteiger partial charge is 0.322 e. The van der Waals surface area contributed by atoms with Gasteiger partial charge in [0.1, 0.15) is 11.9 Å². The average molecular weight is 292 g/mol. The SMILES string of the molecule is COC(=O)C(N)CCSCc1cccc(Cl)c1F. The largest absolute Gasteiger partial charge is 0.468 e. The predicted molar refractivity (Wildman–Crippen MR) is 72.2 cm³/mol. The first-order valence-corrected chi connectivity index (χ1v) is 6.93. The molecule has 0 bridgehead atoms. The van der Waals surface area contributed by atoms with Crippen LogP contribution in [-0.2, 0) is 15.3 Å². The third kappa shape index (κ3) is 4.48. The van der Waals surface area contributed by atoms with Crippen LogP contribution in [0.4, 0.5) is 4.39 Å². The lowest BCUT2D eigenvalue weighted by molar-refractivity contribution is -0.142. The van der Waals surface area contributed by atoms with Crippen LogP contribution in [0.3, 0.4) is 0 Å². The summed E-state index contributed by atoms with van der Waals surface area (Å²) in [5, 5.41) is 0.124. The molecule has 0 spiro atoms. The standard InChI is InChI=1S/C12H15ClFNO2S/c1-17-12(16)10(15)5-6-18-7-8-3-2-4-9(13)11(8)14/h2-4,10H,5-7,15H2,1H3. The number of nitrogens with two attached hydrogens (primary N) is 1. The lowest BCUT2D eigenvalue weighted by Crippen LogP contribution is -2.31. The molecule has 1 aromatic carbocycles. The number of rotatable bonds is 6. The van der Waals surface area contributed by atoms with Crippen molar-refractivity contribution in [2.24, 2.45) is 5.73 Å². The van der Waals surface area contributed by atoms with Crippen molar-refractivity contribution in [1.29, 1.82) is 0 Å². The van der Waals surface area contributed by atoms with Crippen LogP contribution in [0.25, 0.3) is 0 Å². The van der Waals surface area contributed by atoms with Gasteiger partial charge in [0.05, 0.1) is 12.1 Å². The summed E-state index contributed by atoms with van der Waals surface area (Å²) in [6.07, 6.45) is 0.500. The molecule has 0 aliphatic carbocycles. The van der Waals surface area contributed by atoms with Crippen LogP contribution in [0.15, 0.2) is 18.2 Å². The normalized spacial score (nSPS) is 12.2. The first-order chi connectivity index (χ1) is 8.56. The molecule has 0 aliphatic rings. The molecule has 18 heavy (non-hydrogen) atoms. The second kappa shape index (κ2) is 7.61. The van der Waals surface area contributed by atoms with Crippen molar-refractivity contribution in [3.05, 3.63) is 34.6 Å². The van der Waals surface area contributed by atoms with Gasteiger partial charge in [-0.05, 0) is 23.8 Å². The van der Waals surface area contributed by atoms with Gasteiger partial charge in [0.2, 0.25) is 0 Å². The van der Waals surface area contributed by atoms with Gasteiger partial charge in [-0.15, -0.1) is 0 Å². The summed E-state index contributed by atoms with van der Waals surface area (Å²) < 4.78 is 18.0. The number of ether oxygens (including phenoxy) is 1. The van der Waals surface area contributed by atoms with E-state index in [0.29, 0.717) is 23.5 Å². The maximum Gasteiger partial charge on any atom is 0.322 e. The quantitative estimate of drug-likeness (QED) is 0.646. The van der Waals surface area contributed by atoms with Crippen LogP contribution >= 0.6 is 23.4 Å². The van der Waals surface area contributed by atoms with E-state index in [1.165, 1.54) is 24.9 Å². The molecule has 0 fully saturated rings. The summed E-state index contributed by atoms with van der Waals surface area (Å²) in [5.41, 5.74) is 6.13. The summed E-state index contributed by atoms with van der Waals surface area (Å²) in [6, 6.07) is 4.29. The van der Waals surface area contributed by atoms with E-state index in [1.807, 2.05) is 0 Å². The van der Waals surface area contributed by atoms with Crippen molar-refractivity contribution in [2.75, 3.05) is 12.9 Å². The molecular weight excluding hydrogens is 277 g/mol. The highest BCUT2D eigenvalue weighted by Gasteiger charge is 2.13. The zero-order valence-electron chi connectivity index (χ0n) is 9.99. The summed E-state index contributed by atoms with van der Waals surface area (Å²) in [6.45, 7) is 0. The molecule has 100 valence electrons. The van der Waals surface area contributed by atoms with Gasteiger partial charge < -0.3 is 10.5 Å². The number of halogens is 2. The molecular formula is C12H15ClFNO2S. The second-order valence-corrected chi connectivity index (χ2v) is 5.20. The van der Waals surface area contributed by atoms with Crippen LogP contribution in [0, 0.1) is 5.82 Å². The van der Waals surface area contributed by atoms with E-state index >= 15 is 0 Å². The third-order valence-corrected chi connectivity index (χ3v) is 3.70. The van der Waals surface area contributed by atoms with Crippen molar-refractivity contribution < 1.29 is 13.9 Å². The van der Waals surface area contributed by atoms with Gasteiger partial charge in [-0.3, -0.25) is 4.79 Å². The van der Waals surface area contributed by atoms with Crippen LogP contribution in [0.5, 0.6) is 0 Å². The fourth-order valence-corrected chi connectivity index (χ4v) is 2.52. The maximum absolute atomic E-state index is 13.5. The van der Waals surface area contributed by atoms with E-state index in [9.17, 15) is 9.18 Å². The lowest BCUT2D eigenvalue weighted by atomic mass is 10.2. The predicted octanol–water partition coefficient (Wildman–Crippen LogP) is 2.60. The van der Waals surface area contributed by atoms with Crippen LogP contribution in [-0.4, -0.2) is 24.9 Å². The molecule has 0 saturated heterocycles. The van der Waals surface area contributed by atoms with Crippen LogP contribution < -0.4 is 5.73 Å². The molecule has 0 amide bonds. The molecule has 1 unspecified atom stereocenters. The zero-order valence-corrected chi connectivity index (χ0v) is 11.6. The molecule has 0 aliphatic heterocycles. The van der Waals surface area contributed by atoms with Gasteiger partial charge in [-0.1, -0.05) is 23.7 Å². The molecule has 6 heteroatoms. The Hall–Kier alpha value is -0.780. The number of esters is 1. The topological polar surface area (TPSA) is 52.3 Å². The Morgan fingerprint density at radius 2 is 2.33 bits per heavy atom. The van der Waals surface area contributed by atoms with E-state index in [-0.39, 0.29) is 10.8 Å². The molecule has 0 saturated carbocycles. The van der Waals surface area contributed by atoms with E-state index in [2.05, 4.69) is 4.74 Å². The van der Waals surface area contributed by atoms with Crippen LogP contribution in [0.1, 0.15) is 12.0 Å². The maximum atomic E-state index is 13.5. The minimum atomic E-state index is -0.619. The molecule has 1 atom stereocenters. The van der Waals surface area contributed by atoms with E-state index < -0.39 is 12.0 Å². The monoisotopic (exact) mass is 291 g/mol. The number of thioether (sulfide) groups is 1. The molecule has 3 nitrogen and oxygen atoms in total. The number of hydrogen-bond donors (Lipinski definition) is 1. The Kier molecular flexibility index (Phi) is 6.46.